The highest BCUT2D eigenvalue weighted by molar-refractivity contribution is 5.85. The first-order chi connectivity index (χ1) is 7.42. The van der Waals surface area contributed by atoms with E-state index in [0.29, 0.717) is 31.6 Å². The monoisotopic (exact) mass is 299 g/mol. The molecule has 0 aromatic carbocycles. The molecule has 0 aromatic heterocycles. The van der Waals surface area contributed by atoms with Gasteiger partial charge in [-0.25, -0.2) is 0 Å². The average molecular weight is 300 g/mol. The summed E-state index contributed by atoms with van der Waals surface area (Å²) in [4.78, 5) is 14.8. The number of rotatable bonds is 7. The second-order valence-electron chi connectivity index (χ2n) is 3.81. The number of carbonyl (C=O) groups is 1. The van der Waals surface area contributed by atoms with Crippen molar-refractivity contribution in [2.75, 3.05) is 6.54 Å². The lowest BCUT2D eigenvalue weighted by Gasteiger charge is -2.21. The first-order valence-electron chi connectivity index (χ1n) is 5.36. The van der Waals surface area contributed by atoms with Crippen LogP contribution in [0.4, 0.5) is 0 Å². The molecule has 0 heterocycles. The van der Waals surface area contributed by atoms with Crippen LogP contribution < -0.4 is 11.5 Å². The van der Waals surface area contributed by atoms with Crippen molar-refractivity contribution in [1.29, 1.82) is 0 Å². The van der Waals surface area contributed by atoms with Gasteiger partial charge in [-0.2, -0.15) is 0 Å². The fourth-order valence-electron chi connectivity index (χ4n) is 1.16. The van der Waals surface area contributed by atoms with Gasteiger partial charge in [-0.3, -0.25) is 9.79 Å². The van der Waals surface area contributed by atoms with E-state index in [1.165, 1.54) is 0 Å². The van der Waals surface area contributed by atoms with Gasteiger partial charge >= 0.3 is 5.97 Å². The van der Waals surface area contributed by atoms with Crippen molar-refractivity contribution in [3.05, 3.63) is 12.2 Å². The molecule has 0 aliphatic rings. The van der Waals surface area contributed by atoms with Gasteiger partial charge in [0.1, 0.15) is 5.54 Å². The van der Waals surface area contributed by atoms with Crippen LogP contribution in [0.3, 0.4) is 0 Å². The molecule has 0 saturated heterocycles. The van der Waals surface area contributed by atoms with E-state index < -0.39 is 11.5 Å². The summed E-state index contributed by atoms with van der Waals surface area (Å²) in [5, 5.41) is 8.92. The first-order valence-corrected chi connectivity index (χ1v) is 5.36. The standard InChI is InChI=1S/C11H21N3O2.2ClH/c1-3-11(13,10(15)16)7-5-4-6-8-14-9(2)12;;/h4,6H,3,5,7-8,13H2,1-2H3,(H2,12,14)(H,15,16);2*1H/b6-4-;;/t11-;;/m0../s1. The molecular weight excluding hydrogens is 277 g/mol. The summed E-state index contributed by atoms with van der Waals surface area (Å²) in [5.41, 5.74) is 9.96. The molecule has 0 aliphatic carbocycles. The van der Waals surface area contributed by atoms with Crippen LogP contribution in [0.25, 0.3) is 0 Å². The topological polar surface area (TPSA) is 102 Å². The third-order valence-electron chi connectivity index (χ3n) is 2.43. The van der Waals surface area contributed by atoms with Crippen molar-refractivity contribution in [2.45, 2.75) is 38.6 Å². The number of nitrogens with zero attached hydrogens (tertiary/aromatic N) is 1. The first kappa shape index (κ1) is 22.4. The Labute approximate surface area is 121 Å². The Morgan fingerprint density at radius 1 is 1.39 bits per heavy atom. The van der Waals surface area contributed by atoms with E-state index in [-0.39, 0.29) is 24.8 Å². The summed E-state index contributed by atoms with van der Waals surface area (Å²) in [6, 6.07) is 0. The van der Waals surface area contributed by atoms with E-state index in [2.05, 4.69) is 4.99 Å². The molecule has 0 spiro atoms. The summed E-state index contributed by atoms with van der Waals surface area (Å²) in [6.07, 6.45) is 5.23. The number of carboxylic acid groups (broad SMARTS) is 1. The molecule has 0 amide bonds. The summed E-state index contributed by atoms with van der Waals surface area (Å²) in [5.74, 6) is -0.406. The van der Waals surface area contributed by atoms with Crippen molar-refractivity contribution < 1.29 is 9.90 Å². The second kappa shape index (κ2) is 11.3. The number of aliphatic carboxylic acids is 1. The lowest BCUT2D eigenvalue weighted by atomic mass is 9.92. The van der Waals surface area contributed by atoms with E-state index >= 15 is 0 Å². The van der Waals surface area contributed by atoms with Crippen LogP contribution >= 0.6 is 24.8 Å². The zero-order chi connectivity index (χ0) is 12.6. The molecule has 5 N–H and O–H groups in total. The lowest BCUT2D eigenvalue weighted by molar-refractivity contribution is -0.143. The molecule has 0 unspecified atom stereocenters. The number of halogens is 2. The molecule has 0 saturated carbocycles. The van der Waals surface area contributed by atoms with Crippen molar-refractivity contribution in [2.24, 2.45) is 16.5 Å². The van der Waals surface area contributed by atoms with Gasteiger partial charge in [0, 0.05) is 0 Å². The molecule has 0 aliphatic heterocycles. The van der Waals surface area contributed by atoms with Crippen LogP contribution in [0.5, 0.6) is 0 Å². The molecule has 0 fully saturated rings. The van der Waals surface area contributed by atoms with Gasteiger partial charge in [0.2, 0.25) is 0 Å². The van der Waals surface area contributed by atoms with E-state index in [4.69, 9.17) is 16.6 Å². The summed E-state index contributed by atoms with van der Waals surface area (Å²) >= 11 is 0. The minimum Gasteiger partial charge on any atom is -0.480 e. The Hall–Kier alpha value is -0.780. The maximum absolute atomic E-state index is 10.9. The van der Waals surface area contributed by atoms with Crippen molar-refractivity contribution in [3.63, 3.8) is 0 Å². The number of hydrogen-bond donors (Lipinski definition) is 3. The van der Waals surface area contributed by atoms with Crippen LogP contribution in [-0.4, -0.2) is 29.0 Å². The normalized spacial score (nSPS) is 14.5. The Bertz CT molecular complexity index is 292. The van der Waals surface area contributed by atoms with Crippen molar-refractivity contribution >= 4 is 36.6 Å². The highest BCUT2D eigenvalue weighted by Gasteiger charge is 2.30. The Balaban J connectivity index is -0.00000112. The van der Waals surface area contributed by atoms with Gasteiger partial charge in [-0.05, 0) is 26.2 Å². The zero-order valence-corrected chi connectivity index (χ0v) is 12.4. The molecule has 0 rings (SSSR count). The Morgan fingerprint density at radius 3 is 2.33 bits per heavy atom. The Kier molecular flexibility index (Phi) is 14.1. The van der Waals surface area contributed by atoms with E-state index in [9.17, 15) is 4.79 Å². The highest BCUT2D eigenvalue weighted by Crippen LogP contribution is 2.14. The molecule has 7 heteroatoms. The number of nitrogens with two attached hydrogens (primary N) is 2. The van der Waals surface area contributed by atoms with Crippen molar-refractivity contribution in [1.82, 2.24) is 0 Å². The van der Waals surface area contributed by atoms with Gasteiger partial charge in [0.05, 0.1) is 12.4 Å². The van der Waals surface area contributed by atoms with Crippen LogP contribution in [-0.2, 0) is 4.79 Å². The van der Waals surface area contributed by atoms with E-state index in [1.807, 2.05) is 12.2 Å². The third kappa shape index (κ3) is 9.27. The maximum Gasteiger partial charge on any atom is 0.323 e. The maximum atomic E-state index is 10.9. The number of amidine groups is 1. The van der Waals surface area contributed by atoms with Crippen LogP contribution in [0.15, 0.2) is 17.1 Å². The minimum absolute atomic E-state index is 0. The number of aliphatic imine (C=N–C) groups is 1. The number of hydrogen-bond acceptors (Lipinski definition) is 3. The number of carboxylic acids is 1. The molecular formula is C11H23Cl2N3O2. The quantitative estimate of drug-likeness (QED) is 0.378. The lowest BCUT2D eigenvalue weighted by Crippen LogP contribution is -2.47. The molecule has 0 aromatic rings. The Morgan fingerprint density at radius 2 is 1.94 bits per heavy atom. The largest absolute Gasteiger partial charge is 0.480 e. The zero-order valence-electron chi connectivity index (χ0n) is 10.8. The minimum atomic E-state index is -1.11. The van der Waals surface area contributed by atoms with Crippen LogP contribution in [0.1, 0.15) is 33.1 Å². The highest BCUT2D eigenvalue weighted by atomic mass is 35.5. The van der Waals surface area contributed by atoms with Gasteiger partial charge in [0.15, 0.2) is 0 Å². The van der Waals surface area contributed by atoms with Gasteiger partial charge < -0.3 is 16.6 Å². The summed E-state index contributed by atoms with van der Waals surface area (Å²) in [7, 11) is 0. The van der Waals surface area contributed by atoms with Gasteiger partial charge in [0.25, 0.3) is 0 Å². The average Bonchev–Trinajstić information content (AvgIpc) is 2.22. The molecule has 0 bridgehead atoms. The smallest absolute Gasteiger partial charge is 0.323 e. The predicted octanol–water partition coefficient (Wildman–Crippen LogP) is 1.74. The van der Waals surface area contributed by atoms with Crippen molar-refractivity contribution in [3.8, 4) is 0 Å². The van der Waals surface area contributed by atoms with Gasteiger partial charge in [-0.15, -0.1) is 24.8 Å². The fraction of sp³-hybridized carbons (Fsp3) is 0.636. The number of allylic oxidation sites excluding steroid dienone is 1. The fourth-order valence-corrected chi connectivity index (χ4v) is 1.16. The second-order valence-corrected chi connectivity index (χ2v) is 3.81. The summed E-state index contributed by atoms with van der Waals surface area (Å²) in [6.45, 7) is 4.03. The third-order valence-corrected chi connectivity index (χ3v) is 2.43. The predicted molar refractivity (Wildman–Crippen MR) is 79.9 cm³/mol. The van der Waals surface area contributed by atoms with Gasteiger partial charge in [-0.1, -0.05) is 19.1 Å². The van der Waals surface area contributed by atoms with E-state index in [1.54, 1.807) is 13.8 Å². The van der Waals surface area contributed by atoms with Crippen LogP contribution in [0.2, 0.25) is 0 Å². The van der Waals surface area contributed by atoms with Crippen LogP contribution in [0, 0.1) is 0 Å². The molecule has 18 heavy (non-hydrogen) atoms. The SMILES string of the molecule is CC[C@](N)(CC/C=C\CN=C(C)N)C(=O)O.Cl.Cl. The molecule has 108 valence electrons. The van der Waals surface area contributed by atoms with E-state index in [0.717, 1.165) is 0 Å². The summed E-state index contributed by atoms with van der Waals surface area (Å²) < 4.78 is 0. The molecule has 1 atom stereocenters. The molecule has 0 radical (unpaired) electrons. The molecule has 5 nitrogen and oxygen atoms in total.